The molecule has 1 heterocycles. The standard InChI is InChI=1S/C16H33NO2/c1-5-6-7-10-17-11-8-9-14(17)12-15(18)13-19-16(2,3)4/h14-15,18H,5-13H2,1-4H3. The zero-order valence-electron chi connectivity index (χ0n) is 13.3. The molecule has 0 aromatic heterocycles. The molecule has 1 aliphatic heterocycles. The molecule has 1 aliphatic rings. The second-order valence-electron chi connectivity index (χ2n) is 6.85. The monoisotopic (exact) mass is 271 g/mol. The highest BCUT2D eigenvalue weighted by Gasteiger charge is 2.26. The fourth-order valence-electron chi connectivity index (χ4n) is 2.75. The summed E-state index contributed by atoms with van der Waals surface area (Å²) in [7, 11) is 0. The van der Waals surface area contributed by atoms with E-state index < -0.39 is 0 Å². The molecule has 0 aliphatic carbocycles. The van der Waals surface area contributed by atoms with Gasteiger partial charge in [-0.15, -0.1) is 0 Å². The molecule has 1 N–H and O–H groups in total. The van der Waals surface area contributed by atoms with E-state index in [1.165, 1.54) is 45.2 Å². The van der Waals surface area contributed by atoms with E-state index in [0.717, 1.165) is 6.42 Å². The fraction of sp³-hybridized carbons (Fsp3) is 1.00. The van der Waals surface area contributed by atoms with Crippen LogP contribution in [0.25, 0.3) is 0 Å². The van der Waals surface area contributed by atoms with Gasteiger partial charge in [-0.2, -0.15) is 0 Å². The summed E-state index contributed by atoms with van der Waals surface area (Å²) in [6.45, 7) is 11.2. The molecule has 0 radical (unpaired) electrons. The van der Waals surface area contributed by atoms with Gasteiger partial charge in [0.1, 0.15) is 0 Å². The second kappa shape index (κ2) is 8.23. The Morgan fingerprint density at radius 1 is 1.32 bits per heavy atom. The second-order valence-corrected chi connectivity index (χ2v) is 6.85. The van der Waals surface area contributed by atoms with Crippen molar-refractivity contribution in [2.24, 2.45) is 0 Å². The van der Waals surface area contributed by atoms with Gasteiger partial charge in [0.25, 0.3) is 0 Å². The zero-order chi connectivity index (χ0) is 14.3. The van der Waals surface area contributed by atoms with Crippen molar-refractivity contribution in [3.8, 4) is 0 Å². The molecular weight excluding hydrogens is 238 g/mol. The first-order valence-electron chi connectivity index (χ1n) is 7.98. The zero-order valence-corrected chi connectivity index (χ0v) is 13.3. The van der Waals surface area contributed by atoms with Crippen LogP contribution in [0.15, 0.2) is 0 Å². The molecule has 2 atom stereocenters. The van der Waals surface area contributed by atoms with Crippen LogP contribution in [0, 0.1) is 0 Å². The Bertz CT molecular complexity index is 237. The molecule has 0 amide bonds. The van der Waals surface area contributed by atoms with Gasteiger partial charge in [0, 0.05) is 6.04 Å². The lowest BCUT2D eigenvalue weighted by molar-refractivity contribution is -0.0551. The molecule has 0 saturated carbocycles. The Morgan fingerprint density at radius 2 is 2.05 bits per heavy atom. The molecule has 0 aromatic rings. The normalized spacial score (nSPS) is 22.9. The predicted octanol–water partition coefficient (Wildman–Crippen LogP) is 3.21. The van der Waals surface area contributed by atoms with Crippen LogP contribution in [-0.4, -0.2) is 47.4 Å². The molecule has 1 fully saturated rings. The Labute approximate surface area is 119 Å². The van der Waals surface area contributed by atoms with E-state index in [0.29, 0.717) is 12.6 Å². The maximum atomic E-state index is 10.1. The maximum absolute atomic E-state index is 10.1. The van der Waals surface area contributed by atoms with Gasteiger partial charge in [-0.1, -0.05) is 19.8 Å². The molecule has 1 rings (SSSR count). The molecule has 0 spiro atoms. The number of aliphatic hydroxyl groups is 1. The van der Waals surface area contributed by atoms with Crippen LogP contribution >= 0.6 is 0 Å². The Morgan fingerprint density at radius 3 is 2.68 bits per heavy atom. The summed E-state index contributed by atoms with van der Waals surface area (Å²) < 4.78 is 5.67. The van der Waals surface area contributed by atoms with E-state index in [1.807, 2.05) is 20.8 Å². The van der Waals surface area contributed by atoms with E-state index in [-0.39, 0.29) is 11.7 Å². The van der Waals surface area contributed by atoms with Gasteiger partial charge in [-0.25, -0.2) is 0 Å². The van der Waals surface area contributed by atoms with Crippen LogP contribution in [0.1, 0.15) is 66.2 Å². The van der Waals surface area contributed by atoms with Gasteiger partial charge in [-0.05, 0) is 59.5 Å². The number of hydrogen-bond donors (Lipinski definition) is 1. The summed E-state index contributed by atoms with van der Waals surface area (Å²) in [5.41, 5.74) is -0.155. The third kappa shape index (κ3) is 7.28. The van der Waals surface area contributed by atoms with Gasteiger partial charge in [0.05, 0.1) is 18.3 Å². The van der Waals surface area contributed by atoms with Crippen LogP contribution < -0.4 is 0 Å². The lowest BCUT2D eigenvalue weighted by Crippen LogP contribution is -2.35. The molecule has 1 saturated heterocycles. The Hall–Kier alpha value is -0.120. The van der Waals surface area contributed by atoms with Gasteiger partial charge in [0.15, 0.2) is 0 Å². The van der Waals surface area contributed by atoms with Crippen molar-refractivity contribution in [1.29, 1.82) is 0 Å². The number of ether oxygens (including phenoxy) is 1. The topological polar surface area (TPSA) is 32.7 Å². The SMILES string of the molecule is CCCCCN1CCCC1CC(O)COC(C)(C)C. The summed E-state index contributed by atoms with van der Waals surface area (Å²) in [5, 5.41) is 10.1. The molecule has 3 nitrogen and oxygen atoms in total. The highest BCUT2D eigenvalue weighted by atomic mass is 16.5. The van der Waals surface area contributed by atoms with Gasteiger partial charge >= 0.3 is 0 Å². The van der Waals surface area contributed by atoms with E-state index in [4.69, 9.17) is 4.74 Å². The third-order valence-corrected chi connectivity index (χ3v) is 3.80. The molecule has 0 bridgehead atoms. The average molecular weight is 271 g/mol. The first-order valence-corrected chi connectivity index (χ1v) is 7.98. The van der Waals surface area contributed by atoms with E-state index in [9.17, 15) is 5.11 Å². The molecule has 2 unspecified atom stereocenters. The van der Waals surface area contributed by atoms with Crippen molar-refractivity contribution < 1.29 is 9.84 Å². The molecule has 0 aromatic carbocycles. The van der Waals surface area contributed by atoms with E-state index in [1.54, 1.807) is 0 Å². The summed E-state index contributed by atoms with van der Waals surface area (Å²) in [6, 6.07) is 0.565. The van der Waals surface area contributed by atoms with Gasteiger partial charge in [0.2, 0.25) is 0 Å². The Balaban J connectivity index is 2.25. The number of rotatable bonds is 8. The third-order valence-electron chi connectivity index (χ3n) is 3.80. The number of hydrogen-bond acceptors (Lipinski definition) is 3. The minimum Gasteiger partial charge on any atom is -0.391 e. The van der Waals surface area contributed by atoms with Crippen molar-refractivity contribution in [2.45, 2.75) is 84.0 Å². The smallest absolute Gasteiger partial charge is 0.0788 e. The van der Waals surface area contributed by atoms with Crippen molar-refractivity contribution in [2.75, 3.05) is 19.7 Å². The minimum atomic E-state index is -0.323. The van der Waals surface area contributed by atoms with E-state index in [2.05, 4.69) is 11.8 Å². The largest absolute Gasteiger partial charge is 0.391 e. The summed E-state index contributed by atoms with van der Waals surface area (Å²) in [6.07, 6.45) is 6.95. The van der Waals surface area contributed by atoms with Crippen LogP contribution in [0.5, 0.6) is 0 Å². The molecule has 19 heavy (non-hydrogen) atoms. The lowest BCUT2D eigenvalue weighted by Gasteiger charge is -2.28. The average Bonchev–Trinajstić information content (AvgIpc) is 2.74. The first kappa shape index (κ1) is 16.9. The van der Waals surface area contributed by atoms with Crippen LogP contribution in [0.4, 0.5) is 0 Å². The Kier molecular flexibility index (Phi) is 7.33. The molecular formula is C16H33NO2. The lowest BCUT2D eigenvalue weighted by atomic mass is 10.1. The minimum absolute atomic E-state index is 0.155. The quantitative estimate of drug-likeness (QED) is 0.688. The first-order chi connectivity index (χ1) is 8.92. The summed E-state index contributed by atoms with van der Waals surface area (Å²) in [4.78, 5) is 2.57. The highest BCUT2D eigenvalue weighted by molar-refractivity contribution is 4.81. The molecule has 114 valence electrons. The summed E-state index contributed by atoms with van der Waals surface area (Å²) in [5.74, 6) is 0. The number of likely N-dealkylation sites (tertiary alicyclic amines) is 1. The highest BCUT2D eigenvalue weighted by Crippen LogP contribution is 2.22. The van der Waals surface area contributed by atoms with Crippen LogP contribution in [0.2, 0.25) is 0 Å². The fourth-order valence-corrected chi connectivity index (χ4v) is 2.75. The maximum Gasteiger partial charge on any atom is 0.0788 e. The van der Waals surface area contributed by atoms with Crippen molar-refractivity contribution in [3.05, 3.63) is 0 Å². The van der Waals surface area contributed by atoms with Crippen molar-refractivity contribution >= 4 is 0 Å². The van der Waals surface area contributed by atoms with Crippen molar-refractivity contribution in [1.82, 2.24) is 4.90 Å². The van der Waals surface area contributed by atoms with Gasteiger partial charge < -0.3 is 14.7 Å². The number of nitrogens with zero attached hydrogens (tertiary/aromatic N) is 1. The number of aliphatic hydroxyl groups excluding tert-OH is 1. The van der Waals surface area contributed by atoms with E-state index >= 15 is 0 Å². The summed E-state index contributed by atoms with van der Waals surface area (Å²) >= 11 is 0. The van der Waals surface area contributed by atoms with Crippen molar-refractivity contribution in [3.63, 3.8) is 0 Å². The van der Waals surface area contributed by atoms with Gasteiger partial charge in [-0.3, -0.25) is 0 Å². The number of unbranched alkanes of at least 4 members (excludes halogenated alkanes) is 2. The molecule has 3 heteroatoms. The van der Waals surface area contributed by atoms with Crippen LogP contribution in [0.3, 0.4) is 0 Å². The van der Waals surface area contributed by atoms with Crippen LogP contribution in [-0.2, 0) is 4.74 Å². The predicted molar refractivity (Wildman–Crippen MR) is 80.4 cm³/mol.